The van der Waals surface area contributed by atoms with Crippen LogP contribution in [0.4, 0.5) is 0 Å². The molecule has 0 bridgehead atoms. The van der Waals surface area contributed by atoms with E-state index in [-0.39, 0.29) is 23.8 Å². The summed E-state index contributed by atoms with van der Waals surface area (Å²) in [6.45, 7) is 6.70. The lowest BCUT2D eigenvalue weighted by atomic mass is 9.75. The summed E-state index contributed by atoms with van der Waals surface area (Å²) in [5, 5.41) is 0. The van der Waals surface area contributed by atoms with E-state index < -0.39 is 5.41 Å². The number of methoxy groups -OCH3 is 1. The second-order valence-electron chi connectivity index (χ2n) is 8.36. The molecule has 160 valence electrons. The molecule has 2 aromatic heterocycles. The summed E-state index contributed by atoms with van der Waals surface area (Å²) in [6.07, 6.45) is 9.03. The van der Waals surface area contributed by atoms with E-state index in [1.807, 2.05) is 22.0 Å². The summed E-state index contributed by atoms with van der Waals surface area (Å²) < 4.78 is 7.21. The molecule has 30 heavy (non-hydrogen) atoms. The molecule has 0 unspecified atom stereocenters. The van der Waals surface area contributed by atoms with E-state index in [0.717, 1.165) is 5.69 Å². The van der Waals surface area contributed by atoms with Gasteiger partial charge in [0, 0.05) is 63.8 Å². The van der Waals surface area contributed by atoms with E-state index in [0.29, 0.717) is 44.9 Å². The Hall–Kier alpha value is -2.81. The number of carbonyl (C=O) groups is 2. The zero-order chi connectivity index (χ0) is 21.3. The molecule has 0 aromatic carbocycles. The standard InChI is InChI=1S/C21H28N6O3/c1-15(2)27-12-18(24-14-27)16-11-26(19(28)17-10-22-5-6-23-17)13-21(16)4-7-25(20(21)29)8-9-30-3/h5-6,10,12,14-16H,4,7-9,11,13H2,1-3H3/t16-,21+/m0/s1. The Morgan fingerprint density at radius 2 is 2.17 bits per heavy atom. The van der Waals surface area contributed by atoms with Gasteiger partial charge >= 0.3 is 0 Å². The van der Waals surface area contributed by atoms with Crippen molar-refractivity contribution in [1.29, 1.82) is 0 Å². The first-order valence-corrected chi connectivity index (χ1v) is 10.3. The Bertz CT molecular complexity index is 914. The lowest BCUT2D eigenvalue weighted by Crippen LogP contribution is -2.41. The van der Waals surface area contributed by atoms with E-state index in [2.05, 4.69) is 28.8 Å². The van der Waals surface area contributed by atoms with Gasteiger partial charge in [-0.2, -0.15) is 0 Å². The van der Waals surface area contributed by atoms with E-state index in [4.69, 9.17) is 4.74 Å². The molecule has 4 rings (SSSR count). The average Bonchev–Trinajstić information content (AvgIpc) is 3.46. The van der Waals surface area contributed by atoms with Crippen LogP contribution in [-0.4, -0.2) is 81.0 Å². The molecule has 0 saturated carbocycles. The Morgan fingerprint density at radius 1 is 1.33 bits per heavy atom. The van der Waals surface area contributed by atoms with Crippen molar-refractivity contribution in [3.63, 3.8) is 0 Å². The topological polar surface area (TPSA) is 93.4 Å². The maximum Gasteiger partial charge on any atom is 0.274 e. The van der Waals surface area contributed by atoms with Gasteiger partial charge in [-0.1, -0.05) is 0 Å². The first-order valence-electron chi connectivity index (χ1n) is 10.3. The van der Waals surface area contributed by atoms with Gasteiger partial charge in [0.1, 0.15) is 5.69 Å². The third-order valence-electron chi connectivity index (χ3n) is 6.29. The van der Waals surface area contributed by atoms with E-state index in [1.165, 1.54) is 18.6 Å². The van der Waals surface area contributed by atoms with Crippen molar-refractivity contribution in [3.05, 3.63) is 42.5 Å². The highest BCUT2D eigenvalue weighted by Crippen LogP contribution is 2.49. The molecular formula is C21H28N6O3. The predicted molar refractivity (Wildman–Crippen MR) is 109 cm³/mol. The van der Waals surface area contributed by atoms with Crippen molar-refractivity contribution in [2.24, 2.45) is 5.41 Å². The van der Waals surface area contributed by atoms with Crippen LogP contribution in [0.3, 0.4) is 0 Å². The number of ether oxygens (including phenoxy) is 1. The molecule has 2 aliphatic heterocycles. The minimum Gasteiger partial charge on any atom is -0.383 e. The molecule has 4 heterocycles. The molecule has 2 aromatic rings. The molecule has 2 saturated heterocycles. The zero-order valence-electron chi connectivity index (χ0n) is 17.7. The fourth-order valence-corrected chi connectivity index (χ4v) is 4.57. The molecule has 0 N–H and O–H groups in total. The largest absolute Gasteiger partial charge is 0.383 e. The normalized spacial score (nSPS) is 23.9. The van der Waals surface area contributed by atoms with Gasteiger partial charge in [0.2, 0.25) is 5.91 Å². The van der Waals surface area contributed by atoms with Crippen molar-refractivity contribution in [2.45, 2.75) is 32.2 Å². The van der Waals surface area contributed by atoms with Crippen LogP contribution in [-0.2, 0) is 9.53 Å². The van der Waals surface area contributed by atoms with Crippen LogP contribution in [0.1, 0.15) is 48.4 Å². The molecule has 9 nitrogen and oxygen atoms in total. The van der Waals surface area contributed by atoms with Crippen molar-refractivity contribution in [1.82, 2.24) is 29.3 Å². The number of likely N-dealkylation sites (tertiary alicyclic amines) is 2. The number of hydrogen-bond donors (Lipinski definition) is 0. The smallest absolute Gasteiger partial charge is 0.274 e. The van der Waals surface area contributed by atoms with Crippen molar-refractivity contribution in [3.8, 4) is 0 Å². The van der Waals surface area contributed by atoms with Gasteiger partial charge < -0.3 is 19.1 Å². The van der Waals surface area contributed by atoms with Gasteiger partial charge in [0.25, 0.3) is 5.91 Å². The van der Waals surface area contributed by atoms with Crippen LogP contribution in [0.2, 0.25) is 0 Å². The summed E-state index contributed by atoms with van der Waals surface area (Å²) in [5.41, 5.74) is 0.490. The summed E-state index contributed by atoms with van der Waals surface area (Å²) in [4.78, 5) is 43.0. The van der Waals surface area contributed by atoms with Gasteiger partial charge in [-0.25, -0.2) is 9.97 Å². The average molecular weight is 412 g/mol. The van der Waals surface area contributed by atoms with Crippen molar-refractivity contribution < 1.29 is 14.3 Å². The highest BCUT2D eigenvalue weighted by atomic mass is 16.5. The Morgan fingerprint density at radius 3 is 2.83 bits per heavy atom. The first-order chi connectivity index (χ1) is 14.5. The van der Waals surface area contributed by atoms with E-state index >= 15 is 0 Å². The molecule has 0 radical (unpaired) electrons. The van der Waals surface area contributed by atoms with Crippen molar-refractivity contribution in [2.75, 3.05) is 39.9 Å². The maximum atomic E-state index is 13.5. The van der Waals surface area contributed by atoms with Gasteiger partial charge in [0.15, 0.2) is 0 Å². The quantitative estimate of drug-likeness (QED) is 0.711. The highest BCUT2D eigenvalue weighted by Gasteiger charge is 2.58. The minimum atomic E-state index is -0.665. The maximum absolute atomic E-state index is 13.5. The summed E-state index contributed by atoms with van der Waals surface area (Å²) in [5.74, 6) is -0.271. The van der Waals surface area contributed by atoms with Crippen LogP contribution >= 0.6 is 0 Å². The van der Waals surface area contributed by atoms with Gasteiger partial charge in [-0.3, -0.25) is 14.6 Å². The number of carbonyl (C=O) groups excluding carboxylic acids is 2. The Labute approximate surface area is 176 Å². The van der Waals surface area contributed by atoms with Crippen LogP contribution < -0.4 is 0 Å². The van der Waals surface area contributed by atoms with Crippen LogP contribution in [0.25, 0.3) is 0 Å². The molecule has 2 atom stereocenters. The van der Waals surface area contributed by atoms with Crippen molar-refractivity contribution >= 4 is 11.8 Å². The van der Waals surface area contributed by atoms with Crippen LogP contribution in [0.5, 0.6) is 0 Å². The highest BCUT2D eigenvalue weighted by molar-refractivity contribution is 5.94. The fraction of sp³-hybridized carbons (Fsp3) is 0.571. The molecule has 9 heteroatoms. The molecule has 2 fully saturated rings. The van der Waals surface area contributed by atoms with Crippen LogP contribution in [0, 0.1) is 5.41 Å². The van der Waals surface area contributed by atoms with E-state index in [1.54, 1.807) is 12.0 Å². The number of imidazole rings is 1. The fourth-order valence-electron chi connectivity index (χ4n) is 4.57. The van der Waals surface area contributed by atoms with Crippen LogP contribution in [0.15, 0.2) is 31.1 Å². The lowest BCUT2D eigenvalue weighted by molar-refractivity contribution is -0.136. The number of nitrogens with zero attached hydrogens (tertiary/aromatic N) is 6. The Kier molecular flexibility index (Phi) is 5.55. The second-order valence-corrected chi connectivity index (χ2v) is 8.36. The monoisotopic (exact) mass is 412 g/mol. The van der Waals surface area contributed by atoms with Gasteiger partial charge in [-0.05, 0) is 20.3 Å². The second kappa shape index (κ2) is 8.14. The van der Waals surface area contributed by atoms with Gasteiger partial charge in [-0.15, -0.1) is 0 Å². The third kappa shape index (κ3) is 3.47. The number of rotatable bonds is 6. The zero-order valence-corrected chi connectivity index (χ0v) is 17.7. The summed E-state index contributed by atoms with van der Waals surface area (Å²) in [6, 6.07) is 0.276. The number of aromatic nitrogens is 4. The summed E-state index contributed by atoms with van der Waals surface area (Å²) >= 11 is 0. The predicted octanol–water partition coefficient (Wildman–Crippen LogP) is 1.36. The Balaban J connectivity index is 1.66. The number of hydrogen-bond acceptors (Lipinski definition) is 6. The third-order valence-corrected chi connectivity index (χ3v) is 6.29. The lowest BCUT2D eigenvalue weighted by Gasteiger charge is -2.27. The SMILES string of the molecule is COCCN1CC[C@]2(CN(C(=O)c3cnccn3)C[C@H]2c2cn(C(C)C)cn2)C1=O. The molecule has 0 aliphatic carbocycles. The molecule has 2 amide bonds. The molecule has 1 spiro atoms. The van der Waals surface area contributed by atoms with Gasteiger partial charge in [0.05, 0.1) is 30.2 Å². The minimum absolute atomic E-state index is 0.0816. The first kappa shape index (κ1) is 20.5. The molecule has 2 aliphatic rings. The number of amides is 2. The molecular weight excluding hydrogens is 384 g/mol. The van der Waals surface area contributed by atoms with E-state index in [9.17, 15) is 9.59 Å². The summed E-state index contributed by atoms with van der Waals surface area (Å²) in [7, 11) is 1.63.